The van der Waals surface area contributed by atoms with Crippen molar-refractivity contribution in [3.8, 4) is 0 Å². The zero-order valence-electron chi connectivity index (χ0n) is 12.9. The number of amides is 2. The number of nitrogens with zero attached hydrogens (tertiary/aromatic N) is 1. The van der Waals surface area contributed by atoms with Gasteiger partial charge in [-0.2, -0.15) is 0 Å². The molecule has 112 valence electrons. The van der Waals surface area contributed by atoms with E-state index in [4.69, 9.17) is 0 Å². The molecule has 1 aromatic carbocycles. The van der Waals surface area contributed by atoms with E-state index in [1.54, 1.807) is 25.7 Å². The smallest absolute Gasteiger partial charge is 0.252 e. The van der Waals surface area contributed by atoms with Gasteiger partial charge < -0.3 is 5.32 Å². The largest absolute Gasteiger partial charge is 0.340 e. The quantitative estimate of drug-likeness (QED) is 0.860. The fourth-order valence-electron chi connectivity index (χ4n) is 3.37. The number of aryl methyl sites for hydroxylation is 1. The minimum atomic E-state index is -0.846. The summed E-state index contributed by atoms with van der Waals surface area (Å²) in [6, 6.07) is 5.66. The van der Waals surface area contributed by atoms with Crippen molar-refractivity contribution in [3.63, 3.8) is 0 Å². The van der Waals surface area contributed by atoms with Crippen molar-refractivity contribution in [1.82, 2.24) is 5.32 Å². The van der Waals surface area contributed by atoms with Crippen molar-refractivity contribution < 1.29 is 9.59 Å². The van der Waals surface area contributed by atoms with Crippen molar-refractivity contribution in [1.29, 1.82) is 0 Å². The van der Waals surface area contributed by atoms with Crippen LogP contribution in [-0.2, 0) is 22.4 Å². The number of carbonyl (C=O) groups is 2. The van der Waals surface area contributed by atoms with Crippen molar-refractivity contribution >= 4 is 17.5 Å². The molecule has 1 N–H and O–H groups in total. The van der Waals surface area contributed by atoms with E-state index in [0.717, 1.165) is 24.9 Å². The summed E-state index contributed by atoms with van der Waals surface area (Å²) in [4.78, 5) is 26.7. The van der Waals surface area contributed by atoms with Crippen molar-refractivity contribution in [3.05, 3.63) is 29.3 Å². The normalized spacial score (nSPS) is 24.5. The van der Waals surface area contributed by atoms with Crippen LogP contribution in [-0.4, -0.2) is 23.4 Å². The van der Waals surface area contributed by atoms with Crippen LogP contribution in [0.2, 0.25) is 0 Å². The highest BCUT2D eigenvalue weighted by Gasteiger charge is 2.44. The van der Waals surface area contributed by atoms with Gasteiger partial charge in [0.1, 0.15) is 11.6 Å². The monoisotopic (exact) mass is 286 g/mol. The number of carbonyl (C=O) groups excluding carboxylic acids is 2. The Labute approximate surface area is 125 Å². The maximum Gasteiger partial charge on any atom is 0.252 e. The molecule has 1 heterocycles. The second-order valence-corrected chi connectivity index (χ2v) is 6.59. The molecule has 0 aromatic heterocycles. The van der Waals surface area contributed by atoms with Crippen LogP contribution in [0.15, 0.2) is 18.2 Å². The van der Waals surface area contributed by atoms with Crippen molar-refractivity contribution in [2.45, 2.75) is 58.0 Å². The van der Waals surface area contributed by atoms with E-state index < -0.39 is 11.6 Å². The number of benzene rings is 1. The molecule has 3 rings (SSSR count). The number of hydrogen-bond donors (Lipinski definition) is 1. The first-order valence-electron chi connectivity index (χ1n) is 7.68. The summed E-state index contributed by atoms with van der Waals surface area (Å²) < 4.78 is 0. The van der Waals surface area contributed by atoms with Crippen LogP contribution in [0.5, 0.6) is 0 Å². The Hall–Kier alpha value is -1.84. The fourth-order valence-corrected chi connectivity index (χ4v) is 3.37. The summed E-state index contributed by atoms with van der Waals surface area (Å²) in [7, 11) is 0. The maximum absolute atomic E-state index is 12.8. The van der Waals surface area contributed by atoms with Crippen LogP contribution in [0.25, 0.3) is 0 Å². The number of anilines is 1. The second-order valence-electron chi connectivity index (χ2n) is 6.59. The predicted molar refractivity (Wildman–Crippen MR) is 82.3 cm³/mol. The summed E-state index contributed by atoms with van der Waals surface area (Å²) in [5, 5.41) is 2.80. The number of nitrogens with one attached hydrogen (secondary N) is 1. The molecule has 1 saturated heterocycles. The molecular formula is C17H22N2O2. The van der Waals surface area contributed by atoms with Crippen LogP contribution >= 0.6 is 0 Å². The number of rotatable bonds is 1. The number of hydrogen-bond acceptors (Lipinski definition) is 2. The highest BCUT2D eigenvalue weighted by atomic mass is 16.2. The van der Waals surface area contributed by atoms with E-state index in [0.29, 0.717) is 0 Å². The summed E-state index contributed by atoms with van der Waals surface area (Å²) in [6.07, 6.45) is 4.40. The lowest BCUT2D eigenvalue weighted by Crippen LogP contribution is -2.67. The topological polar surface area (TPSA) is 49.4 Å². The van der Waals surface area contributed by atoms with Crippen LogP contribution in [0, 0.1) is 0 Å². The van der Waals surface area contributed by atoms with Crippen molar-refractivity contribution in [2.75, 3.05) is 4.90 Å². The molecule has 0 radical (unpaired) electrons. The molecule has 1 aromatic rings. The van der Waals surface area contributed by atoms with Gasteiger partial charge in [0, 0.05) is 5.69 Å². The van der Waals surface area contributed by atoms with Crippen molar-refractivity contribution in [2.24, 2.45) is 0 Å². The average molecular weight is 286 g/mol. The third-order valence-corrected chi connectivity index (χ3v) is 4.59. The molecule has 1 fully saturated rings. The maximum atomic E-state index is 12.8. The summed E-state index contributed by atoms with van der Waals surface area (Å²) in [6.45, 7) is 5.33. The highest BCUT2D eigenvalue weighted by Crippen LogP contribution is 2.34. The van der Waals surface area contributed by atoms with Gasteiger partial charge >= 0.3 is 0 Å². The molecule has 0 bridgehead atoms. The molecule has 1 unspecified atom stereocenters. The van der Waals surface area contributed by atoms with Gasteiger partial charge in [0.25, 0.3) is 5.91 Å². The molecule has 21 heavy (non-hydrogen) atoms. The summed E-state index contributed by atoms with van der Waals surface area (Å²) >= 11 is 0. The first-order valence-corrected chi connectivity index (χ1v) is 7.68. The van der Waals surface area contributed by atoms with Gasteiger partial charge in [-0.25, -0.2) is 0 Å². The van der Waals surface area contributed by atoms with E-state index >= 15 is 0 Å². The summed E-state index contributed by atoms with van der Waals surface area (Å²) in [5.41, 5.74) is 2.64. The molecule has 4 nitrogen and oxygen atoms in total. The molecule has 1 aliphatic carbocycles. The van der Waals surface area contributed by atoms with E-state index in [-0.39, 0.29) is 11.8 Å². The van der Waals surface area contributed by atoms with Gasteiger partial charge in [-0.1, -0.05) is 12.1 Å². The van der Waals surface area contributed by atoms with Gasteiger partial charge in [0.15, 0.2) is 0 Å². The van der Waals surface area contributed by atoms with Crippen LogP contribution in [0.1, 0.15) is 44.7 Å². The lowest BCUT2D eigenvalue weighted by atomic mass is 9.88. The van der Waals surface area contributed by atoms with Gasteiger partial charge in [-0.15, -0.1) is 0 Å². The molecule has 1 atom stereocenters. The SMILES string of the molecule is CC1C(=O)NC(C)(C)C(=O)N1c1cccc2c1CCCC2. The van der Waals surface area contributed by atoms with E-state index in [2.05, 4.69) is 11.4 Å². The minimum Gasteiger partial charge on any atom is -0.340 e. The lowest BCUT2D eigenvalue weighted by Gasteiger charge is -2.42. The van der Waals surface area contributed by atoms with Gasteiger partial charge in [-0.3, -0.25) is 14.5 Å². The van der Waals surface area contributed by atoms with E-state index in [9.17, 15) is 9.59 Å². The van der Waals surface area contributed by atoms with Crippen LogP contribution in [0.4, 0.5) is 5.69 Å². The lowest BCUT2D eigenvalue weighted by molar-refractivity contribution is -0.136. The molecule has 4 heteroatoms. The van der Waals surface area contributed by atoms with Crippen LogP contribution in [0.3, 0.4) is 0 Å². The Morgan fingerprint density at radius 2 is 1.90 bits per heavy atom. The predicted octanol–water partition coefficient (Wildman–Crippen LogP) is 2.20. The Morgan fingerprint density at radius 3 is 2.67 bits per heavy atom. The van der Waals surface area contributed by atoms with E-state index in [1.807, 2.05) is 12.1 Å². The Kier molecular flexibility index (Phi) is 3.27. The van der Waals surface area contributed by atoms with Gasteiger partial charge in [0.05, 0.1) is 0 Å². The van der Waals surface area contributed by atoms with Gasteiger partial charge in [0.2, 0.25) is 5.91 Å². The summed E-state index contributed by atoms with van der Waals surface area (Å²) in [5.74, 6) is -0.124. The zero-order valence-corrected chi connectivity index (χ0v) is 12.9. The molecule has 2 aliphatic rings. The van der Waals surface area contributed by atoms with Crippen LogP contribution < -0.4 is 10.2 Å². The second kappa shape index (κ2) is 4.86. The zero-order chi connectivity index (χ0) is 15.2. The molecule has 0 saturated carbocycles. The molecular weight excluding hydrogens is 264 g/mol. The fraction of sp³-hybridized carbons (Fsp3) is 0.529. The number of fused-ring (bicyclic) bond motifs is 1. The average Bonchev–Trinajstić information content (AvgIpc) is 2.45. The first kappa shape index (κ1) is 14.1. The number of piperazine rings is 1. The molecule has 1 aliphatic heterocycles. The Bertz CT molecular complexity index is 607. The molecule has 2 amide bonds. The molecule has 0 spiro atoms. The Balaban J connectivity index is 2.10. The third-order valence-electron chi connectivity index (χ3n) is 4.59. The standard InChI is InChI=1S/C17H22N2O2/c1-11-15(20)18-17(2,3)16(21)19(11)14-10-6-8-12-7-4-5-9-13(12)14/h6,8,10-11H,4-5,7,9H2,1-3H3,(H,18,20). The highest BCUT2D eigenvalue weighted by molar-refractivity contribution is 6.10. The van der Waals surface area contributed by atoms with E-state index in [1.165, 1.54) is 17.5 Å². The minimum absolute atomic E-state index is 0.0337. The van der Waals surface area contributed by atoms with Gasteiger partial charge in [-0.05, 0) is 63.6 Å². The Morgan fingerprint density at radius 1 is 1.19 bits per heavy atom. The first-order chi connectivity index (χ1) is 9.92. The third kappa shape index (κ3) is 2.23.